The number of guanidine groups is 1. The van der Waals surface area contributed by atoms with Gasteiger partial charge < -0.3 is 15.5 Å². The van der Waals surface area contributed by atoms with Crippen LogP contribution in [0.5, 0.6) is 0 Å². The van der Waals surface area contributed by atoms with Crippen LogP contribution in [0.15, 0.2) is 4.99 Å². The largest absolute Gasteiger partial charge is 0.370 e. The third-order valence-corrected chi connectivity index (χ3v) is 5.01. The Morgan fingerprint density at radius 2 is 2.05 bits per heavy atom. The Morgan fingerprint density at radius 3 is 2.60 bits per heavy atom. The van der Waals surface area contributed by atoms with Gasteiger partial charge in [0.1, 0.15) is 0 Å². The van der Waals surface area contributed by atoms with E-state index in [1.807, 2.05) is 0 Å². The molecule has 0 saturated carbocycles. The van der Waals surface area contributed by atoms with Crippen molar-refractivity contribution < 1.29 is 0 Å². The molecular weight excluding hydrogens is 250 g/mol. The number of hydrogen-bond acceptors (Lipinski definition) is 5. The number of nitrogens with zero attached hydrogens (tertiary/aromatic N) is 4. The van der Waals surface area contributed by atoms with Crippen molar-refractivity contribution in [2.24, 2.45) is 10.7 Å². The zero-order chi connectivity index (χ0) is 14.8. The molecule has 116 valence electrons. The molecule has 0 bridgehead atoms. The average Bonchev–Trinajstić information content (AvgIpc) is 2.99. The number of likely N-dealkylation sites (N-methyl/N-ethyl adjacent to an activating group) is 1. The zero-order valence-electron chi connectivity index (χ0n) is 13.6. The molecule has 2 N–H and O–H groups in total. The van der Waals surface area contributed by atoms with Gasteiger partial charge in [-0.15, -0.1) is 0 Å². The summed E-state index contributed by atoms with van der Waals surface area (Å²) in [6.45, 7) is 16.4. The van der Waals surface area contributed by atoms with Crippen molar-refractivity contribution in [3.63, 3.8) is 0 Å². The molecule has 0 aromatic rings. The van der Waals surface area contributed by atoms with Crippen LogP contribution in [0.25, 0.3) is 0 Å². The minimum atomic E-state index is 0.168. The van der Waals surface area contributed by atoms with E-state index in [9.17, 15) is 0 Å². The number of hydrogen-bond donors (Lipinski definition) is 1. The van der Waals surface area contributed by atoms with Crippen LogP contribution in [0, 0.1) is 0 Å². The van der Waals surface area contributed by atoms with Gasteiger partial charge in [0.15, 0.2) is 5.96 Å². The van der Waals surface area contributed by atoms with Gasteiger partial charge >= 0.3 is 0 Å². The first-order valence-electron chi connectivity index (χ1n) is 8.06. The van der Waals surface area contributed by atoms with Gasteiger partial charge in [-0.2, -0.15) is 0 Å². The van der Waals surface area contributed by atoms with E-state index in [1.165, 1.54) is 13.0 Å². The predicted octanol–water partition coefficient (Wildman–Crippen LogP) is 0.811. The van der Waals surface area contributed by atoms with Crippen molar-refractivity contribution in [2.45, 2.75) is 45.7 Å². The molecule has 1 spiro atoms. The molecule has 1 fully saturated rings. The van der Waals surface area contributed by atoms with Crippen molar-refractivity contribution >= 4 is 5.96 Å². The SMILES string of the molecule is CCN(CC)CCN1C(N)=NCC12CCN(C(C)C)C2. The standard InChI is InChI=1S/C15H31N5/c1-5-18(6-2)9-10-20-14(16)17-11-15(20)7-8-19(12-15)13(3)4/h13H,5-12H2,1-4H3,(H2,16,17). The van der Waals surface area contributed by atoms with Gasteiger partial charge in [-0.05, 0) is 33.4 Å². The Balaban J connectivity index is 2.00. The van der Waals surface area contributed by atoms with E-state index in [4.69, 9.17) is 5.73 Å². The smallest absolute Gasteiger partial charge is 0.191 e. The van der Waals surface area contributed by atoms with E-state index in [0.29, 0.717) is 6.04 Å². The second-order valence-corrected chi connectivity index (χ2v) is 6.39. The monoisotopic (exact) mass is 281 g/mol. The molecule has 0 aromatic carbocycles. The normalized spacial score (nSPS) is 27.3. The van der Waals surface area contributed by atoms with Crippen LogP contribution < -0.4 is 5.73 Å². The number of likely N-dealkylation sites (tertiary alicyclic amines) is 1. The lowest BCUT2D eigenvalue weighted by Crippen LogP contribution is -2.55. The topological polar surface area (TPSA) is 48.1 Å². The third kappa shape index (κ3) is 2.93. The van der Waals surface area contributed by atoms with Crippen LogP contribution in [0.3, 0.4) is 0 Å². The summed E-state index contributed by atoms with van der Waals surface area (Å²) in [5.74, 6) is 0.753. The molecule has 0 aliphatic carbocycles. The first-order chi connectivity index (χ1) is 9.52. The highest BCUT2D eigenvalue weighted by molar-refractivity contribution is 5.81. The third-order valence-electron chi connectivity index (χ3n) is 5.01. The van der Waals surface area contributed by atoms with Crippen molar-refractivity contribution in [1.82, 2.24) is 14.7 Å². The van der Waals surface area contributed by atoms with Crippen LogP contribution >= 0.6 is 0 Å². The first kappa shape index (κ1) is 15.6. The lowest BCUT2D eigenvalue weighted by molar-refractivity contribution is 0.162. The Kier molecular flexibility index (Phi) is 4.91. The van der Waals surface area contributed by atoms with Crippen LogP contribution in [-0.4, -0.2) is 78.1 Å². The maximum Gasteiger partial charge on any atom is 0.191 e. The van der Waals surface area contributed by atoms with Gasteiger partial charge in [-0.3, -0.25) is 9.89 Å². The molecule has 2 heterocycles. The van der Waals surface area contributed by atoms with Crippen LogP contribution in [0.4, 0.5) is 0 Å². The molecule has 0 aromatic heterocycles. The summed E-state index contributed by atoms with van der Waals surface area (Å²) in [5, 5.41) is 0. The molecule has 5 heteroatoms. The first-order valence-corrected chi connectivity index (χ1v) is 8.06. The van der Waals surface area contributed by atoms with Gasteiger partial charge in [-0.25, -0.2) is 0 Å². The molecule has 5 nitrogen and oxygen atoms in total. The highest BCUT2D eigenvalue weighted by Gasteiger charge is 2.47. The fourth-order valence-corrected chi connectivity index (χ4v) is 3.45. The van der Waals surface area contributed by atoms with Gasteiger partial charge in [0, 0.05) is 32.2 Å². The Morgan fingerprint density at radius 1 is 1.35 bits per heavy atom. The fraction of sp³-hybridized carbons (Fsp3) is 0.933. The van der Waals surface area contributed by atoms with Crippen LogP contribution in [-0.2, 0) is 0 Å². The predicted molar refractivity (Wildman–Crippen MR) is 85.0 cm³/mol. The maximum absolute atomic E-state index is 6.16. The summed E-state index contributed by atoms with van der Waals surface area (Å²) in [6.07, 6.45) is 1.19. The van der Waals surface area contributed by atoms with Gasteiger partial charge in [0.2, 0.25) is 0 Å². The van der Waals surface area contributed by atoms with E-state index < -0.39 is 0 Å². The summed E-state index contributed by atoms with van der Waals surface area (Å²) in [6, 6.07) is 0.612. The second kappa shape index (κ2) is 6.31. The average molecular weight is 281 g/mol. The summed E-state index contributed by atoms with van der Waals surface area (Å²) < 4.78 is 0. The van der Waals surface area contributed by atoms with E-state index in [0.717, 1.165) is 45.2 Å². The molecule has 1 saturated heterocycles. The number of rotatable bonds is 6. The second-order valence-electron chi connectivity index (χ2n) is 6.39. The molecule has 0 amide bonds. The van der Waals surface area contributed by atoms with Crippen LogP contribution in [0.2, 0.25) is 0 Å². The van der Waals surface area contributed by atoms with E-state index in [2.05, 4.69) is 47.4 Å². The molecule has 1 atom stereocenters. The molecule has 20 heavy (non-hydrogen) atoms. The summed E-state index contributed by atoms with van der Waals surface area (Å²) in [5.41, 5.74) is 6.33. The van der Waals surface area contributed by atoms with E-state index in [1.54, 1.807) is 0 Å². The maximum atomic E-state index is 6.16. The highest BCUT2D eigenvalue weighted by atomic mass is 15.4. The molecule has 2 aliphatic heterocycles. The lowest BCUT2D eigenvalue weighted by atomic mass is 9.97. The van der Waals surface area contributed by atoms with Crippen molar-refractivity contribution in [1.29, 1.82) is 0 Å². The summed E-state index contributed by atoms with van der Waals surface area (Å²) in [7, 11) is 0. The molecule has 0 radical (unpaired) electrons. The summed E-state index contributed by atoms with van der Waals surface area (Å²) in [4.78, 5) is 11.9. The minimum absolute atomic E-state index is 0.168. The van der Waals surface area contributed by atoms with Gasteiger partial charge in [0.25, 0.3) is 0 Å². The van der Waals surface area contributed by atoms with Crippen molar-refractivity contribution in [3.05, 3.63) is 0 Å². The lowest BCUT2D eigenvalue weighted by Gasteiger charge is -2.37. The quantitative estimate of drug-likeness (QED) is 0.783. The van der Waals surface area contributed by atoms with Crippen LogP contribution in [0.1, 0.15) is 34.1 Å². The Labute approximate surface area is 123 Å². The van der Waals surface area contributed by atoms with Crippen molar-refractivity contribution in [3.8, 4) is 0 Å². The highest BCUT2D eigenvalue weighted by Crippen LogP contribution is 2.32. The molecule has 2 rings (SSSR count). The van der Waals surface area contributed by atoms with Gasteiger partial charge in [-0.1, -0.05) is 13.8 Å². The van der Waals surface area contributed by atoms with E-state index >= 15 is 0 Å². The Bertz CT molecular complexity index is 350. The fourth-order valence-electron chi connectivity index (χ4n) is 3.45. The Hall–Kier alpha value is -0.810. The number of nitrogens with two attached hydrogens (primary N) is 1. The minimum Gasteiger partial charge on any atom is -0.370 e. The van der Waals surface area contributed by atoms with Crippen molar-refractivity contribution in [2.75, 3.05) is 45.8 Å². The molecule has 1 unspecified atom stereocenters. The number of aliphatic imine (C=N–C) groups is 1. The zero-order valence-corrected chi connectivity index (χ0v) is 13.6. The van der Waals surface area contributed by atoms with Gasteiger partial charge in [0.05, 0.1) is 12.1 Å². The van der Waals surface area contributed by atoms with E-state index in [-0.39, 0.29) is 5.54 Å². The molecular formula is C15H31N5. The summed E-state index contributed by atoms with van der Waals surface area (Å²) >= 11 is 0. The molecule has 2 aliphatic rings.